The molecular weight excluding hydrogens is 334 g/mol. The lowest BCUT2D eigenvalue weighted by atomic mass is 9.93. The first kappa shape index (κ1) is 18.0. The van der Waals surface area contributed by atoms with E-state index in [1.54, 1.807) is 0 Å². The van der Waals surface area contributed by atoms with Gasteiger partial charge in [-0.15, -0.1) is 0 Å². The molecule has 2 aliphatic rings. The molecule has 1 fully saturated rings. The molecule has 4 rings (SSSR count). The second-order valence-corrected chi connectivity index (χ2v) is 7.70. The van der Waals surface area contributed by atoms with Gasteiger partial charge in [-0.05, 0) is 60.9 Å². The van der Waals surface area contributed by atoms with Crippen molar-refractivity contribution in [1.29, 1.82) is 0 Å². The van der Waals surface area contributed by atoms with Crippen molar-refractivity contribution < 1.29 is 4.79 Å². The summed E-state index contributed by atoms with van der Waals surface area (Å²) in [5.74, 6) is 0.563. The fourth-order valence-electron chi connectivity index (χ4n) is 3.71. The van der Waals surface area contributed by atoms with Crippen LogP contribution >= 0.6 is 0 Å². The molecule has 2 aromatic rings. The Bertz CT molecular complexity index is 866. The van der Waals surface area contributed by atoms with E-state index in [-0.39, 0.29) is 5.91 Å². The van der Waals surface area contributed by atoms with Gasteiger partial charge in [0.2, 0.25) is 0 Å². The molecule has 2 aliphatic heterocycles. The van der Waals surface area contributed by atoms with Crippen molar-refractivity contribution in [3.05, 3.63) is 70.8 Å². The van der Waals surface area contributed by atoms with Crippen molar-refractivity contribution >= 4 is 17.2 Å². The Labute approximate surface area is 161 Å². The van der Waals surface area contributed by atoms with Crippen LogP contribution < -0.4 is 10.6 Å². The van der Waals surface area contributed by atoms with Gasteiger partial charge in [-0.1, -0.05) is 30.3 Å². The van der Waals surface area contributed by atoms with Gasteiger partial charge in [0.25, 0.3) is 5.91 Å². The molecule has 2 heterocycles. The Morgan fingerprint density at radius 2 is 1.93 bits per heavy atom. The van der Waals surface area contributed by atoms with Crippen LogP contribution in [0.1, 0.15) is 39.4 Å². The van der Waals surface area contributed by atoms with E-state index in [0.717, 1.165) is 49.4 Å². The first-order valence-electron chi connectivity index (χ1n) is 9.71. The van der Waals surface area contributed by atoms with Crippen LogP contribution in [-0.2, 0) is 0 Å². The van der Waals surface area contributed by atoms with Crippen molar-refractivity contribution in [1.82, 2.24) is 10.2 Å². The van der Waals surface area contributed by atoms with E-state index in [1.807, 2.05) is 25.1 Å². The minimum atomic E-state index is -0.0468. The molecule has 140 valence electrons. The third-order valence-corrected chi connectivity index (χ3v) is 5.68. The summed E-state index contributed by atoms with van der Waals surface area (Å²) in [7, 11) is 2.14. The lowest BCUT2D eigenvalue weighted by Gasteiger charge is -2.27. The van der Waals surface area contributed by atoms with Gasteiger partial charge in [0, 0.05) is 43.3 Å². The first-order chi connectivity index (χ1) is 13.1. The second-order valence-electron chi connectivity index (χ2n) is 7.70. The van der Waals surface area contributed by atoms with Crippen molar-refractivity contribution in [2.45, 2.75) is 19.3 Å². The number of likely N-dealkylation sites (N-methyl/N-ethyl adjacent to an activating group) is 1. The molecule has 4 heteroatoms. The summed E-state index contributed by atoms with van der Waals surface area (Å²) in [6.07, 6.45) is 3.35. The number of amides is 1. The Balaban J connectivity index is 1.45. The third-order valence-electron chi connectivity index (χ3n) is 5.68. The number of benzene rings is 2. The maximum atomic E-state index is 12.7. The van der Waals surface area contributed by atoms with E-state index in [9.17, 15) is 4.79 Å². The highest BCUT2D eigenvalue weighted by Crippen LogP contribution is 2.25. The topological polar surface area (TPSA) is 44.4 Å². The molecule has 0 radical (unpaired) electrons. The van der Waals surface area contributed by atoms with Crippen LogP contribution in [0.5, 0.6) is 0 Å². The van der Waals surface area contributed by atoms with Crippen LogP contribution in [0, 0.1) is 6.92 Å². The molecule has 4 nitrogen and oxygen atoms in total. The summed E-state index contributed by atoms with van der Waals surface area (Å²) < 4.78 is 0. The lowest BCUT2D eigenvalue weighted by Crippen LogP contribution is -2.39. The summed E-state index contributed by atoms with van der Waals surface area (Å²) in [4.78, 5) is 15.0. The van der Waals surface area contributed by atoms with E-state index in [2.05, 4.69) is 52.9 Å². The average Bonchev–Trinajstić information content (AvgIpc) is 2.62. The fraction of sp³-hybridized carbons (Fsp3) is 0.348. The number of aryl methyl sites for hydroxylation is 1. The summed E-state index contributed by atoms with van der Waals surface area (Å²) in [6, 6.07) is 14.4. The summed E-state index contributed by atoms with van der Waals surface area (Å²) in [5.41, 5.74) is 6.54. The minimum Gasteiger partial charge on any atom is -0.322 e. The molecule has 0 spiro atoms. The van der Waals surface area contributed by atoms with E-state index >= 15 is 0 Å². The van der Waals surface area contributed by atoms with Crippen molar-refractivity contribution in [3.8, 4) is 0 Å². The monoisotopic (exact) mass is 361 g/mol. The molecule has 0 aliphatic carbocycles. The molecular formula is C23H27N3O. The van der Waals surface area contributed by atoms with E-state index < -0.39 is 0 Å². The molecule has 1 saturated heterocycles. The van der Waals surface area contributed by atoms with Crippen LogP contribution in [0.15, 0.2) is 48.5 Å². The van der Waals surface area contributed by atoms with Gasteiger partial charge in [0.15, 0.2) is 0 Å². The van der Waals surface area contributed by atoms with E-state index in [4.69, 9.17) is 0 Å². The smallest absolute Gasteiger partial charge is 0.255 e. The highest BCUT2D eigenvalue weighted by atomic mass is 16.1. The molecule has 0 unspecified atom stereocenters. The highest BCUT2D eigenvalue weighted by Gasteiger charge is 2.18. The average molecular weight is 361 g/mol. The van der Waals surface area contributed by atoms with Crippen LogP contribution in [0.4, 0.5) is 5.69 Å². The lowest BCUT2D eigenvalue weighted by molar-refractivity contribution is 0.102. The van der Waals surface area contributed by atoms with Crippen molar-refractivity contribution in [2.75, 3.05) is 38.5 Å². The number of anilines is 1. The van der Waals surface area contributed by atoms with Crippen LogP contribution in [0.25, 0.3) is 5.57 Å². The quantitative estimate of drug-likeness (QED) is 0.874. The zero-order valence-electron chi connectivity index (χ0n) is 16.1. The Morgan fingerprint density at radius 3 is 2.52 bits per heavy atom. The number of carbonyl (C=O) groups is 1. The zero-order valence-corrected chi connectivity index (χ0v) is 16.1. The van der Waals surface area contributed by atoms with Crippen molar-refractivity contribution in [2.24, 2.45) is 0 Å². The van der Waals surface area contributed by atoms with Gasteiger partial charge in [-0.25, -0.2) is 0 Å². The molecule has 27 heavy (non-hydrogen) atoms. The maximum Gasteiger partial charge on any atom is 0.255 e. The van der Waals surface area contributed by atoms with Gasteiger partial charge in [-0.2, -0.15) is 0 Å². The van der Waals surface area contributed by atoms with E-state index in [1.165, 1.54) is 16.7 Å². The van der Waals surface area contributed by atoms with Crippen molar-refractivity contribution in [3.63, 3.8) is 0 Å². The largest absolute Gasteiger partial charge is 0.322 e. The molecule has 0 saturated carbocycles. The van der Waals surface area contributed by atoms with Gasteiger partial charge in [0.05, 0.1) is 0 Å². The highest BCUT2D eigenvalue weighted by molar-refractivity contribution is 6.05. The normalized spacial score (nSPS) is 17.9. The van der Waals surface area contributed by atoms with Gasteiger partial charge >= 0.3 is 0 Å². The number of nitrogens with zero attached hydrogens (tertiary/aromatic N) is 1. The number of hydrogen-bond donors (Lipinski definition) is 2. The number of rotatable bonds is 4. The van der Waals surface area contributed by atoms with Gasteiger partial charge in [0.1, 0.15) is 0 Å². The third kappa shape index (κ3) is 3.97. The van der Waals surface area contributed by atoms with Crippen LogP contribution in [0.2, 0.25) is 0 Å². The van der Waals surface area contributed by atoms with E-state index in [0.29, 0.717) is 5.92 Å². The Kier molecular flexibility index (Phi) is 5.10. The zero-order chi connectivity index (χ0) is 18.8. The summed E-state index contributed by atoms with van der Waals surface area (Å²) in [5, 5.41) is 6.32. The fourth-order valence-corrected chi connectivity index (χ4v) is 3.71. The first-order valence-corrected chi connectivity index (χ1v) is 9.71. The molecule has 1 amide bonds. The van der Waals surface area contributed by atoms with Gasteiger partial charge < -0.3 is 15.5 Å². The summed E-state index contributed by atoms with van der Waals surface area (Å²) >= 11 is 0. The standard InChI is InChI=1S/C23H27N3O/c1-16-13-19(18-9-11-26(2)12-10-18)5-8-22(16)23(27)25-21-6-3-17(4-7-21)20-14-24-15-20/h3-9,13,20,24H,10-12,14-15H2,1-2H3,(H,25,27). The predicted octanol–water partition coefficient (Wildman–Crippen LogP) is 3.65. The molecule has 0 atom stereocenters. The molecule has 2 N–H and O–H groups in total. The number of hydrogen-bond acceptors (Lipinski definition) is 3. The second kappa shape index (κ2) is 7.67. The maximum absolute atomic E-state index is 12.7. The molecule has 2 aromatic carbocycles. The SMILES string of the molecule is Cc1cc(C2=CCN(C)CC2)ccc1C(=O)Nc1ccc(C2CNC2)cc1. The molecule has 0 bridgehead atoms. The number of carbonyl (C=O) groups excluding carboxylic acids is 1. The Morgan fingerprint density at radius 1 is 1.15 bits per heavy atom. The van der Waals surface area contributed by atoms with Gasteiger partial charge in [-0.3, -0.25) is 4.79 Å². The Hall–Kier alpha value is -2.43. The minimum absolute atomic E-state index is 0.0468. The number of nitrogens with one attached hydrogen (secondary N) is 2. The van der Waals surface area contributed by atoms with Crippen LogP contribution in [0.3, 0.4) is 0 Å². The van der Waals surface area contributed by atoms with Crippen LogP contribution in [-0.4, -0.2) is 44.0 Å². The summed E-state index contributed by atoms with van der Waals surface area (Å²) in [6.45, 7) is 6.18. The molecule has 0 aromatic heterocycles. The predicted molar refractivity (Wildman–Crippen MR) is 111 cm³/mol.